The first kappa shape index (κ1) is 41.3. The summed E-state index contributed by atoms with van der Waals surface area (Å²) in [6.07, 6.45) is 6.00. The van der Waals surface area contributed by atoms with Crippen LogP contribution in [0.2, 0.25) is 0 Å². The van der Waals surface area contributed by atoms with E-state index in [4.69, 9.17) is 4.74 Å². The molecular formula is C46H51BrN4O7. The molecule has 7 rings (SSSR count). The number of hydrogen-bond acceptors (Lipinski definition) is 8. The predicted molar refractivity (Wildman–Crippen MR) is 227 cm³/mol. The number of anilines is 3. The fourth-order valence-electron chi connectivity index (χ4n) is 8.40. The highest BCUT2D eigenvalue weighted by Gasteiger charge is 2.52. The summed E-state index contributed by atoms with van der Waals surface area (Å²) in [5.41, 5.74) is 4.63. The molecule has 0 aliphatic carbocycles. The van der Waals surface area contributed by atoms with E-state index in [2.05, 4.69) is 21.2 Å². The monoisotopic (exact) mass is 850 g/mol. The number of nitrogens with one attached hydrogen (secondary N) is 1. The normalized spacial score (nSPS) is 20.6. The molecule has 0 saturated carbocycles. The zero-order valence-electron chi connectivity index (χ0n) is 32.9. The van der Waals surface area contributed by atoms with E-state index in [1.165, 1.54) is 0 Å². The number of hydrogen-bond donors (Lipinski definition) is 4. The molecule has 3 amide bonds. The molecule has 12 heteroatoms. The fourth-order valence-corrected chi connectivity index (χ4v) is 8.76. The van der Waals surface area contributed by atoms with Gasteiger partial charge in [0.25, 0.3) is 5.91 Å². The van der Waals surface area contributed by atoms with Gasteiger partial charge in [-0.3, -0.25) is 19.3 Å². The average molecular weight is 852 g/mol. The van der Waals surface area contributed by atoms with E-state index in [-0.39, 0.29) is 44.0 Å². The molecule has 0 radical (unpaired) electrons. The molecule has 0 bridgehead atoms. The summed E-state index contributed by atoms with van der Waals surface area (Å²) in [4.78, 5) is 46.8. The van der Waals surface area contributed by atoms with Crippen LogP contribution in [0.15, 0.2) is 102 Å². The maximum Gasteiger partial charge on any atom is 0.264 e. The van der Waals surface area contributed by atoms with E-state index in [1.54, 1.807) is 39.8 Å². The second-order valence-electron chi connectivity index (χ2n) is 15.3. The Hall–Kier alpha value is -4.85. The van der Waals surface area contributed by atoms with Gasteiger partial charge in [-0.15, -0.1) is 0 Å². The lowest BCUT2D eigenvalue weighted by Gasteiger charge is -2.36. The van der Waals surface area contributed by atoms with Crippen molar-refractivity contribution in [3.8, 4) is 5.75 Å². The summed E-state index contributed by atoms with van der Waals surface area (Å²) in [7, 11) is 0. The van der Waals surface area contributed by atoms with E-state index in [9.17, 15) is 29.7 Å². The van der Waals surface area contributed by atoms with Gasteiger partial charge in [0.15, 0.2) is 5.60 Å². The number of fused-ring (bicyclic) bond motifs is 3. The molecule has 304 valence electrons. The van der Waals surface area contributed by atoms with Crippen LogP contribution in [0.4, 0.5) is 17.1 Å². The van der Waals surface area contributed by atoms with Crippen molar-refractivity contribution in [1.29, 1.82) is 0 Å². The highest BCUT2D eigenvalue weighted by molar-refractivity contribution is 9.10. The standard InChI is InChI=1S/C46H51BrN4O7/c1-3-58-38-18-20-41-34(24-38)25-40(48-21-6-7-22-52)44(55)51(41)36-16-13-31(14-17-36)27-50-42-19-15-35(47)26-39(42)46(57,45(50)56)30(2)9-8-12-43(54)49-28-33-11-5-4-10-32(33)23-37(49)29-53/h4-5,8-11,13-20,24,26,30,37,40,48,52-53,57H,3,6-7,12,21-23,25,27-29H2,1-2H3/b9-8+/t30-,37-,40?,46+/m0/s1. The molecule has 3 aliphatic heterocycles. The van der Waals surface area contributed by atoms with Crippen LogP contribution >= 0.6 is 15.9 Å². The smallest absolute Gasteiger partial charge is 0.264 e. The first-order chi connectivity index (χ1) is 28.1. The number of aliphatic hydroxyl groups is 3. The number of rotatable bonds is 15. The van der Waals surface area contributed by atoms with Gasteiger partial charge in [0.1, 0.15) is 5.75 Å². The first-order valence-corrected chi connectivity index (χ1v) is 20.9. The van der Waals surface area contributed by atoms with E-state index in [1.807, 2.05) is 85.8 Å². The third-order valence-corrected chi connectivity index (χ3v) is 12.0. The molecule has 0 saturated heterocycles. The molecule has 4 aromatic carbocycles. The molecule has 0 fully saturated rings. The van der Waals surface area contributed by atoms with Crippen molar-refractivity contribution >= 4 is 50.7 Å². The maximum atomic E-state index is 14.4. The summed E-state index contributed by atoms with van der Waals surface area (Å²) < 4.78 is 6.49. The zero-order valence-corrected chi connectivity index (χ0v) is 34.5. The molecule has 4 aromatic rings. The Kier molecular flexibility index (Phi) is 12.8. The van der Waals surface area contributed by atoms with Crippen molar-refractivity contribution in [3.05, 3.63) is 129 Å². The average Bonchev–Trinajstić information content (AvgIpc) is 3.44. The lowest BCUT2D eigenvalue weighted by atomic mass is 9.83. The molecule has 0 spiro atoms. The summed E-state index contributed by atoms with van der Waals surface area (Å²) in [6, 6.07) is 25.9. The highest BCUT2D eigenvalue weighted by Crippen LogP contribution is 2.47. The van der Waals surface area contributed by atoms with Crippen LogP contribution in [-0.4, -0.2) is 76.4 Å². The highest BCUT2D eigenvalue weighted by atomic mass is 79.9. The molecule has 4 N–H and O–H groups in total. The van der Waals surface area contributed by atoms with Gasteiger partial charge in [-0.2, -0.15) is 0 Å². The summed E-state index contributed by atoms with van der Waals surface area (Å²) in [6.45, 7) is 5.41. The van der Waals surface area contributed by atoms with Gasteiger partial charge >= 0.3 is 0 Å². The summed E-state index contributed by atoms with van der Waals surface area (Å²) >= 11 is 3.53. The topological polar surface area (TPSA) is 143 Å². The SMILES string of the molecule is CCOc1ccc2c(c1)CC(NCCCCO)C(=O)N2c1ccc(CN2C(=O)[C@@](O)([C@@H](C)/C=C/CC(=O)N3Cc4ccccc4C[C@H]3CO)c3cc(Br)ccc32)cc1. The number of unbranched alkanes of at least 4 members (excludes halogenated alkanes) is 1. The van der Waals surface area contributed by atoms with Crippen LogP contribution in [-0.2, 0) is 45.9 Å². The third kappa shape index (κ3) is 8.21. The molecule has 4 atom stereocenters. The van der Waals surface area contributed by atoms with Crippen molar-refractivity contribution in [3.63, 3.8) is 0 Å². The largest absolute Gasteiger partial charge is 0.494 e. The number of carbonyl (C=O) groups excluding carboxylic acids is 3. The fraction of sp³-hybridized carbons (Fsp3) is 0.370. The van der Waals surface area contributed by atoms with E-state index < -0.39 is 23.5 Å². The number of ether oxygens (including phenoxy) is 1. The Morgan fingerprint density at radius 1 is 0.966 bits per heavy atom. The van der Waals surface area contributed by atoms with Gasteiger partial charge in [0.2, 0.25) is 11.8 Å². The minimum absolute atomic E-state index is 0.0624. The molecule has 58 heavy (non-hydrogen) atoms. The van der Waals surface area contributed by atoms with Crippen LogP contribution in [0.3, 0.4) is 0 Å². The van der Waals surface area contributed by atoms with Crippen LogP contribution in [0.25, 0.3) is 0 Å². The van der Waals surface area contributed by atoms with Crippen LogP contribution in [0.5, 0.6) is 5.75 Å². The van der Waals surface area contributed by atoms with Gasteiger partial charge in [0, 0.05) is 41.2 Å². The summed E-state index contributed by atoms with van der Waals surface area (Å²) in [5, 5.41) is 35.0. The number of benzene rings is 4. The Bertz CT molecular complexity index is 2180. The molecule has 3 aliphatic rings. The quantitative estimate of drug-likeness (QED) is 0.0836. The number of carbonyl (C=O) groups is 3. The van der Waals surface area contributed by atoms with Gasteiger partial charge in [-0.05, 0) is 110 Å². The van der Waals surface area contributed by atoms with E-state index in [0.717, 1.165) is 44.6 Å². The summed E-state index contributed by atoms with van der Waals surface area (Å²) in [5.74, 6) is -0.620. The van der Waals surface area contributed by atoms with Crippen molar-refractivity contribution in [2.24, 2.45) is 5.92 Å². The zero-order chi connectivity index (χ0) is 41.0. The van der Waals surface area contributed by atoms with Gasteiger partial charge in [-0.1, -0.05) is 71.4 Å². The Morgan fingerprint density at radius 3 is 2.47 bits per heavy atom. The predicted octanol–water partition coefficient (Wildman–Crippen LogP) is 6.06. The molecule has 11 nitrogen and oxygen atoms in total. The molecule has 3 heterocycles. The van der Waals surface area contributed by atoms with Crippen molar-refractivity contribution in [2.75, 3.05) is 36.2 Å². The Balaban J connectivity index is 1.08. The minimum atomic E-state index is -1.89. The van der Waals surface area contributed by atoms with E-state index in [0.29, 0.717) is 55.9 Å². The van der Waals surface area contributed by atoms with E-state index >= 15 is 0 Å². The number of aliphatic hydroxyl groups excluding tert-OH is 2. The second-order valence-corrected chi connectivity index (χ2v) is 16.2. The van der Waals surface area contributed by atoms with Gasteiger partial charge in [-0.25, -0.2) is 0 Å². The van der Waals surface area contributed by atoms with Crippen molar-refractivity contribution in [1.82, 2.24) is 10.2 Å². The Morgan fingerprint density at radius 2 is 1.72 bits per heavy atom. The van der Waals surface area contributed by atoms with Gasteiger partial charge in [0.05, 0.1) is 43.2 Å². The lowest BCUT2D eigenvalue weighted by Crippen LogP contribution is -2.49. The molecule has 0 aromatic heterocycles. The second kappa shape index (κ2) is 18.0. The Labute approximate surface area is 348 Å². The third-order valence-electron chi connectivity index (χ3n) is 11.6. The molecular weight excluding hydrogens is 800 g/mol. The van der Waals surface area contributed by atoms with Crippen LogP contribution < -0.4 is 19.9 Å². The number of amides is 3. The lowest BCUT2D eigenvalue weighted by molar-refractivity contribution is -0.139. The van der Waals surface area contributed by atoms with Crippen LogP contribution in [0.1, 0.15) is 60.9 Å². The minimum Gasteiger partial charge on any atom is -0.494 e. The van der Waals surface area contributed by atoms with Crippen LogP contribution in [0, 0.1) is 5.92 Å². The van der Waals surface area contributed by atoms with Gasteiger partial charge < -0.3 is 35.2 Å². The molecule has 1 unspecified atom stereocenters. The van der Waals surface area contributed by atoms with Crippen molar-refractivity contribution < 1.29 is 34.4 Å². The number of nitrogens with zero attached hydrogens (tertiary/aromatic N) is 3. The van der Waals surface area contributed by atoms with Crippen molar-refractivity contribution in [2.45, 2.75) is 76.7 Å². The maximum absolute atomic E-state index is 14.4. The number of halogens is 1. The first-order valence-electron chi connectivity index (χ1n) is 20.1.